The number of thioether (sulfide) groups is 1. The van der Waals surface area contributed by atoms with Crippen LogP contribution < -0.4 is 0 Å². The second kappa shape index (κ2) is 5.39. The van der Waals surface area contributed by atoms with Crippen molar-refractivity contribution < 1.29 is 4.79 Å². The quantitative estimate of drug-likeness (QED) is 0.751. The second-order valence-corrected chi connectivity index (χ2v) is 5.52. The first-order valence-electron chi connectivity index (χ1n) is 5.78. The Morgan fingerprint density at radius 2 is 1.88 bits per heavy atom. The van der Waals surface area contributed by atoms with E-state index >= 15 is 0 Å². The molecule has 0 radical (unpaired) electrons. The van der Waals surface area contributed by atoms with Crippen LogP contribution in [0.25, 0.3) is 0 Å². The van der Waals surface area contributed by atoms with E-state index in [1.54, 1.807) is 11.8 Å². The van der Waals surface area contributed by atoms with Crippen molar-refractivity contribution in [3.63, 3.8) is 0 Å². The van der Waals surface area contributed by atoms with Crippen LogP contribution >= 0.6 is 11.8 Å². The van der Waals surface area contributed by atoms with Gasteiger partial charge in [-0.05, 0) is 31.9 Å². The summed E-state index contributed by atoms with van der Waals surface area (Å²) in [6.45, 7) is 3.88. The SMILES string of the molecule is C[C@@H](Sc1ccccc1)C(=O)N1CCCC1. The fraction of sp³-hybridized carbons (Fsp3) is 0.462. The number of nitrogens with zero attached hydrogens (tertiary/aromatic N) is 1. The molecule has 1 fully saturated rings. The third-order valence-corrected chi connectivity index (χ3v) is 3.92. The van der Waals surface area contributed by atoms with Gasteiger partial charge in [0.2, 0.25) is 5.91 Å². The monoisotopic (exact) mass is 235 g/mol. The molecule has 0 bridgehead atoms. The summed E-state index contributed by atoms with van der Waals surface area (Å²) in [6.07, 6.45) is 2.32. The molecular weight excluding hydrogens is 218 g/mol. The minimum Gasteiger partial charge on any atom is -0.342 e. The van der Waals surface area contributed by atoms with Crippen LogP contribution in [-0.2, 0) is 4.79 Å². The molecule has 3 heteroatoms. The van der Waals surface area contributed by atoms with Gasteiger partial charge in [-0.15, -0.1) is 11.8 Å². The maximum absolute atomic E-state index is 12.1. The van der Waals surface area contributed by atoms with Gasteiger partial charge in [-0.25, -0.2) is 0 Å². The first-order valence-corrected chi connectivity index (χ1v) is 6.66. The zero-order valence-electron chi connectivity index (χ0n) is 9.56. The highest BCUT2D eigenvalue weighted by Crippen LogP contribution is 2.25. The van der Waals surface area contributed by atoms with Gasteiger partial charge in [0.15, 0.2) is 0 Å². The lowest BCUT2D eigenvalue weighted by Gasteiger charge is -2.19. The van der Waals surface area contributed by atoms with Crippen LogP contribution in [0.2, 0.25) is 0 Å². The van der Waals surface area contributed by atoms with E-state index in [0.717, 1.165) is 25.9 Å². The number of hydrogen-bond donors (Lipinski definition) is 0. The van der Waals surface area contributed by atoms with Crippen LogP contribution in [0.15, 0.2) is 35.2 Å². The second-order valence-electron chi connectivity index (χ2n) is 4.11. The first kappa shape index (κ1) is 11.5. The van der Waals surface area contributed by atoms with Gasteiger partial charge in [0.05, 0.1) is 5.25 Å². The third kappa shape index (κ3) is 2.79. The summed E-state index contributed by atoms with van der Waals surface area (Å²) in [6, 6.07) is 10.1. The molecule has 1 aromatic carbocycles. The zero-order chi connectivity index (χ0) is 11.4. The Morgan fingerprint density at radius 3 is 2.50 bits per heavy atom. The van der Waals surface area contributed by atoms with Crippen molar-refractivity contribution in [1.82, 2.24) is 4.90 Å². The minimum absolute atomic E-state index is 0.0282. The summed E-state index contributed by atoms with van der Waals surface area (Å²) in [7, 11) is 0. The van der Waals surface area contributed by atoms with Crippen LogP contribution in [0, 0.1) is 0 Å². The molecule has 16 heavy (non-hydrogen) atoms. The van der Waals surface area contributed by atoms with Crippen molar-refractivity contribution >= 4 is 17.7 Å². The fourth-order valence-corrected chi connectivity index (χ4v) is 2.92. The molecule has 2 rings (SSSR count). The van der Waals surface area contributed by atoms with E-state index in [2.05, 4.69) is 12.1 Å². The topological polar surface area (TPSA) is 20.3 Å². The maximum Gasteiger partial charge on any atom is 0.235 e. The average molecular weight is 235 g/mol. The normalized spacial score (nSPS) is 17.4. The van der Waals surface area contributed by atoms with Gasteiger partial charge >= 0.3 is 0 Å². The molecule has 1 aromatic rings. The highest BCUT2D eigenvalue weighted by molar-refractivity contribution is 8.00. The molecule has 0 unspecified atom stereocenters. The van der Waals surface area contributed by atoms with Crippen molar-refractivity contribution in [2.24, 2.45) is 0 Å². The molecule has 2 nitrogen and oxygen atoms in total. The summed E-state index contributed by atoms with van der Waals surface area (Å²) in [5.74, 6) is 0.284. The van der Waals surface area contributed by atoms with Crippen molar-refractivity contribution in [1.29, 1.82) is 0 Å². The van der Waals surface area contributed by atoms with Crippen molar-refractivity contribution in [2.45, 2.75) is 29.9 Å². The fourth-order valence-electron chi connectivity index (χ4n) is 1.95. The molecule has 1 heterocycles. The number of hydrogen-bond acceptors (Lipinski definition) is 2. The van der Waals surface area contributed by atoms with E-state index in [4.69, 9.17) is 0 Å². The summed E-state index contributed by atoms with van der Waals surface area (Å²) in [5.41, 5.74) is 0. The van der Waals surface area contributed by atoms with Crippen LogP contribution in [0.5, 0.6) is 0 Å². The number of rotatable bonds is 3. The van der Waals surface area contributed by atoms with Gasteiger partial charge in [-0.1, -0.05) is 18.2 Å². The standard InChI is InChI=1S/C13H17NOS/c1-11(13(15)14-9-5-6-10-14)16-12-7-3-2-4-8-12/h2-4,7-8,11H,5-6,9-10H2,1H3/t11-/m1/s1. The van der Waals surface area contributed by atoms with E-state index in [1.807, 2.05) is 30.0 Å². The molecule has 1 atom stereocenters. The molecule has 86 valence electrons. The highest BCUT2D eigenvalue weighted by atomic mass is 32.2. The third-order valence-electron chi connectivity index (χ3n) is 2.82. The first-order chi connectivity index (χ1) is 7.77. The largest absolute Gasteiger partial charge is 0.342 e. The number of likely N-dealkylation sites (tertiary alicyclic amines) is 1. The van der Waals surface area contributed by atoms with Gasteiger partial charge in [-0.2, -0.15) is 0 Å². The molecule has 0 spiro atoms. The van der Waals surface area contributed by atoms with E-state index in [9.17, 15) is 4.79 Å². The lowest BCUT2D eigenvalue weighted by atomic mass is 10.4. The van der Waals surface area contributed by atoms with E-state index in [1.165, 1.54) is 4.90 Å². The molecular formula is C13H17NOS. The van der Waals surface area contributed by atoms with Crippen LogP contribution in [0.1, 0.15) is 19.8 Å². The molecule has 0 aromatic heterocycles. The Bertz CT molecular complexity index is 346. The summed E-state index contributed by atoms with van der Waals surface area (Å²) < 4.78 is 0. The Kier molecular flexibility index (Phi) is 3.88. The predicted molar refractivity (Wildman–Crippen MR) is 67.6 cm³/mol. The highest BCUT2D eigenvalue weighted by Gasteiger charge is 2.23. The summed E-state index contributed by atoms with van der Waals surface area (Å²) >= 11 is 1.65. The average Bonchev–Trinajstić information content (AvgIpc) is 2.83. The van der Waals surface area contributed by atoms with E-state index in [-0.39, 0.29) is 11.2 Å². The molecule has 1 amide bonds. The molecule has 1 aliphatic rings. The molecule has 1 aliphatic heterocycles. The smallest absolute Gasteiger partial charge is 0.235 e. The maximum atomic E-state index is 12.1. The Labute approximate surface area is 101 Å². The minimum atomic E-state index is 0.0282. The van der Waals surface area contributed by atoms with Crippen molar-refractivity contribution in [2.75, 3.05) is 13.1 Å². The predicted octanol–water partition coefficient (Wildman–Crippen LogP) is 2.79. The molecule has 0 N–H and O–H groups in total. The van der Waals surface area contributed by atoms with Crippen molar-refractivity contribution in [3.8, 4) is 0 Å². The number of carbonyl (C=O) groups is 1. The van der Waals surface area contributed by atoms with E-state index in [0.29, 0.717) is 0 Å². The molecule has 0 saturated carbocycles. The lowest BCUT2D eigenvalue weighted by molar-refractivity contribution is -0.129. The number of amides is 1. The Morgan fingerprint density at radius 1 is 1.25 bits per heavy atom. The molecule has 1 saturated heterocycles. The Hall–Kier alpha value is -0.960. The van der Waals surface area contributed by atoms with Crippen LogP contribution in [-0.4, -0.2) is 29.1 Å². The van der Waals surface area contributed by atoms with Gasteiger partial charge in [-0.3, -0.25) is 4.79 Å². The Balaban J connectivity index is 1.92. The van der Waals surface area contributed by atoms with E-state index < -0.39 is 0 Å². The van der Waals surface area contributed by atoms with Gasteiger partial charge < -0.3 is 4.90 Å². The number of benzene rings is 1. The lowest BCUT2D eigenvalue weighted by Crippen LogP contribution is -2.33. The molecule has 0 aliphatic carbocycles. The van der Waals surface area contributed by atoms with Crippen LogP contribution in [0.4, 0.5) is 0 Å². The number of carbonyl (C=O) groups excluding carboxylic acids is 1. The van der Waals surface area contributed by atoms with Gasteiger partial charge in [0, 0.05) is 18.0 Å². The van der Waals surface area contributed by atoms with Crippen molar-refractivity contribution in [3.05, 3.63) is 30.3 Å². The zero-order valence-corrected chi connectivity index (χ0v) is 10.4. The van der Waals surface area contributed by atoms with Crippen LogP contribution in [0.3, 0.4) is 0 Å². The van der Waals surface area contributed by atoms with Gasteiger partial charge in [0.1, 0.15) is 0 Å². The van der Waals surface area contributed by atoms with Gasteiger partial charge in [0.25, 0.3) is 0 Å². The summed E-state index contributed by atoms with van der Waals surface area (Å²) in [5, 5.41) is 0.0282. The summed E-state index contributed by atoms with van der Waals surface area (Å²) in [4.78, 5) is 15.2.